The van der Waals surface area contributed by atoms with Gasteiger partial charge in [-0.15, -0.1) is 0 Å². The van der Waals surface area contributed by atoms with Gasteiger partial charge in [0, 0.05) is 43.5 Å². The molecule has 1 N–H and O–H groups in total. The van der Waals surface area contributed by atoms with Gasteiger partial charge in [0.25, 0.3) is 11.8 Å². The largest absolute Gasteiger partial charge is 0.483 e. The number of rotatable bonds is 6. The van der Waals surface area contributed by atoms with E-state index >= 15 is 0 Å². The van der Waals surface area contributed by atoms with Crippen LogP contribution in [0.1, 0.15) is 57.7 Å². The minimum atomic E-state index is -1.15. The fourth-order valence-electron chi connectivity index (χ4n) is 6.30. The fraction of sp³-hybridized carbons (Fsp3) is 0.345. The number of amides is 2. The standard InChI is InChI=1S/C29H26F3N3O4/c30-19-9-22(31)20(23(32)10-19)12-33-27(37)21-14-34-16-29-8-4-7-18(11-29)13-35(29)28(38)24(34)26(25(21)36)39-15-17-5-2-1-3-6-17/h1-3,5-6,9-10,14,18H,4,7-8,11-13,15-16H2,(H,33,37)/t18-,29+/m0/s1. The molecular formula is C29H26F3N3O4. The number of carbonyl (C=O) groups is 2. The van der Waals surface area contributed by atoms with E-state index < -0.39 is 40.9 Å². The van der Waals surface area contributed by atoms with Gasteiger partial charge in [0.05, 0.1) is 5.54 Å². The molecule has 2 aliphatic heterocycles. The molecule has 2 fully saturated rings. The Kier molecular flexibility index (Phi) is 6.20. The van der Waals surface area contributed by atoms with Crippen molar-refractivity contribution in [1.29, 1.82) is 0 Å². The lowest BCUT2D eigenvalue weighted by atomic mass is 9.79. The highest BCUT2D eigenvalue weighted by Gasteiger charge is 2.54. The Hall–Kier alpha value is -4.08. The minimum absolute atomic E-state index is 0.00119. The molecule has 1 saturated carbocycles. The lowest BCUT2D eigenvalue weighted by Crippen LogP contribution is -2.55. The van der Waals surface area contributed by atoms with E-state index in [2.05, 4.69) is 5.32 Å². The van der Waals surface area contributed by atoms with Gasteiger partial charge in [-0.1, -0.05) is 36.8 Å². The predicted octanol–water partition coefficient (Wildman–Crippen LogP) is 4.17. The summed E-state index contributed by atoms with van der Waals surface area (Å²) in [5, 5.41) is 2.36. The number of hydrogen-bond acceptors (Lipinski definition) is 4. The molecule has 202 valence electrons. The second kappa shape index (κ2) is 9.59. The van der Waals surface area contributed by atoms with E-state index in [9.17, 15) is 27.6 Å². The van der Waals surface area contributed by atoms with Gasteiger partial charge in [0.1, 0.15) is 29.6 Å². The minimum Gasteiger partial charge on any atom is -0.483 e. The van der Waals surface area contributed by atoms with Crippen LogP contribution in [0, 0.1) is 23.4 Å². The average molecular weight is 538 g/mol. The van der Waals surface area contributed by atoms with Crippen molar-refractivity contribution in [2.45, 2.75) is 50.9 Å². The summed E-state index contributed by atoms with van der Waals surface area (Å²) in [5.41, 5.74) is -1.15. The van der Waals surface area contributed by atoms with E-state index in [0.717, 1.165) is 31.2 Å². The molecule has 2 bridgehead atoms. The highest BCUT2D eigenvalue weighted by molar-refractivity contribution is 5.99. The van der Waals surface area contributed by atoms with Crippen LogP contribution >= 0.6 is 0 Å². The van der Waals surface area contributed by atoms with Gasteiger partial charge in [-0.3, -0.25) is 14.4 Å². The molecular weight excluding hydrogens is 511 g/mol. The number of hydrogen-bond donors (Lipinski definition) is 1. The Bertz CT molecular complexity index is 1520. The van der Waals surface area contributed by atoms with E-state index in [1.807, 2.05) is 35.2 Å². The summed E-state index contributed by atoms with van der Waals surface area (Å²) in [4.78, 5) is 42.4. The molecule has 2 atom stereocenters. The van der Waals surface area contributed by atoms with Crippen LogP contribution in [0.3, 0.4) is 0 Å². The third kappa shape index (κ3) is 4.37. The van der Waals surface area contributed by atoms with E-state index in [1.54, 1.807) is 4.57 Å². The zero-order valence-corrected chi connectivity index (χ0v) is 21.0. The molecule has 3 heterocycles. The Morgan fingerprint density at radius 2 is 1.85 bits per heavy atom. The summed E-state index contributed by atoms with van der Waals surface area (Å²) in [6, 6.07) is 10.1. The van der Waals surface area contributed by atoms with Crippen LogP contribution in [-0.2, 0) is 19.7 Å². The molecule has 3 aliphatic rings. The molecule has 6 rings (SSSR count). The molecule has 3 aromatic rings. The first-order valence-corrected chi connectivity index (χ1v) is 12.9. The molecule has 1 aromatic heterocycles. The lowest BCUT2D eigenvalue weighted by Gasteiger charge is -2.44. The molecule has 10 heteroatoms. The van der Waals surface area contributed by atoms with Gasteiger partial charge in [0.15, 0.2) is 11.4 Å². The smallest absolute Gasteiger partial charge is 0.275 e. The summed E-state index contributed by atoms with van der Waals surface area (Å²) >= 11 is 0. The summed E-state index contributed by atoms with van der Waals surface area (Å²) in [6.45, 7) is 0.438. The van der Waals surface area contributed by atoms with E-state index in [-0.39, 0.29) is 35.1 Å². The SMILES string of the molecule is O=C(NCc1c(F)cc(F)cc1F)c1cn2c(c(OCc3ccccc3)c1=O)C(=O)N1C[C@H]3CCC[C@@]1(C3)C2. The topological polar surface area (TPSA) is 80.6 Å². The van der Waals surface area contributed by atoms with Gasteiger partial charge in [-0.05, 0) is 30.7 Å². The molecule has 1 saturated heterocycles. The third-order valence-corrected chi connectivity index (χ3v) is 8.09. The summed E-state index contributed by atoms with van der Waals surface area (Å²) in [6.07, 6.45) is 5.05. The molecule has 7 nitrogen and oxygen atoms in total. The fourth-order valence-corrected chi connectivity index (χ4v) is 6.30. The van der Waals surface area contributed by atoms with Gasteiger partial charge in [-0.2, -0.15) is 0 Å². The lowest BCUT2D eigenvalue weighted by molar-refractivity contribution is 0.0416. The Balaban J connectivity index is 1.37. The van der Waals surface area contributed by atoms with Crippen LogP contribution in [-0.4, -0.2) is 33.4 Å². The summed E-state index contributed by atoms with van der Waals surface area (Å²) < 4.78 is 49.1. The first-order valence-electron chi connectivity index (χ1n) is 12.9. The van der Waals surface area contributed by atoms with Crippen LogP contribution in [0.5, 0.6) is 5.75 Å². The number of nitrogens with one attached hydrogen (secondary N) is 1. The molecule has 0 radical (unpaired) electrons. The van der Waals surface area contributed by atoms with Crippen molar-refractivity contribution in [3.63, 3.8) is 0 Å². The van der Waals surface area contributed by atoms with E-state index in [4.69, 9.17) is 4.74 Å². The van der Waals surface area contributed by atoms with Crippen molar-refractivity contribution in [1.82, 2.24) is 14.8 Å². The number of fused-ring (bicyclic) bond motifs is 2. The first-order chi connectivity index (χ1) is 18.8. The quantitative estimate of drug-likeness (QED) is 0.512. The number of pyridine rings is 1. The predicted molar refractivity (Wildman–Crippen MR) is 135 cm³/mol. The molecule has 2 amide bonds. The Morgan fingerprint density at radius 3 is 2.59 bits per heavy atom. The zero-order valence-electron chi connectivity index (χ0n) is 21.0. The normalized spacial score (nSPS) is 21.4. The molecule has 1 aliphatic carbocycles. The first kappa shape index (κ1) is 25.2. The van der Waals surface area contributed by atoms with Crippen molar-refractivity contribution < 1.29 is 27.5 Å². The van der Waals surface area contributed by atoms with E-state index in [1.165, 1.54) is 6.20 Å². The van der Waals surface area contributed by atoms with Gasteiger partial charge < -0.3 is 19.5 Å². The Labute approximate surface area is 222 Å². The molecule has 39 heavy (non-hydrogen) atoms. The van der Waals surface area contributed by atoms with Gasteiger partial charge in [-0.25, -0.2) is 13.2 Å². The third-order valence-electron chi connectivity index (χ3n) is 8.09. The van der Waals surface area contributed by atoms with Gasteiger partial charge in [0.2, 0.25) is 5.43 Å². The van der Waals surface area contributed by atoms with Gasteiger partial charge >= 0.3 is 0 Å². The van der Waals surface area contributed by atoms with Crippen LogP contribution < -0.4 is 15.5 Å². The maximum absolute atomic E-state index is 14.1. The van der Waals surface area contributed by atoms with E-state index in [0.29, 0.717) is 31.1 Å². The highest BCUT2D eigenvalue weighted by Crippen LogP contribution is 2.48. The number of ether oxygens (including phenoxy) is 1. The van der Waals surface area contributed by atoms with Crippen molar-refractivity contribution in [3.05, 3.63) is 98.7 Å². The van der Waals surface area contributed by atoms with Crippen molar-refractivity contribution in [2.24, 2.45) is 5.92 Å². The second-order valence-corrected chi connectivity index (χ2v) is 10.6. The van der Waals surface area contributed by atoms with Crippen LogP contribution in [0.15, 0.2) is 53.5 Å². The maximum atomic E-state index is 14.1. The number of aromatic nitrogens is 1. The Morgan fingerprint density at radius 1 is 1.10 bits per heavy atom. The van der Waals surface area contributed by atoms with Crippen LogP contribution in [0.2, 0.25) is 0 Å². The molecule has 0 unspecified atom stereocenters. The summed E-state index contributed by atoms with van der Waals surface area (Å²) in [7, 11) is 0. The number of benzene rings is 2. The summed E-state index contributed by atoms with van der Waals surface area (Å²) in [5.74, 6) is -4.41. The zero-order chi connectivity index (χ0) is 27.3. The van der Waals surface area contributed by atoms with Crippen molar-refractivity contribution in [2.75, 3.05) is 6.54 Å². The molecule has 1 spiro atoms. The van der Waals surface area contributed by atoms with Crippen LogP contribution in [0.25, 0.3) is 0 Å². The molecule has 2 aromatic carbocycles. The number of carbonyl (C=O) groups excluding carboxylic acids is 2. The number of nitrogens with zero attached hydrogens (tertiary/aromatic N) is 2. The monoisotopic (exact) mass is 537 g/mol. The van der Waals surface area contributed by atoms with Crippen molar-refractivity contribution in [3.8, 4) is 5.75 Å². The number of halogens is 3. The second-order valence-electron chi connectivity index (χ2n) is 10.6. The maximum Gasteiger partial charge on any atom is 0.275 e. The van der Waals surface area contributed by atoms with Crippen molar-refractivity contribution >= 4 is 11.8 Å². The highest BCUT2D eigenvalue weighted by atomic mass is 19.1. The van der Waals surface area contributed by atoms with Crippen LogP contribution in [0.4, 0.5) is 13.2 Å². The average Bonchev–Trinajstić information content (AvgIpc) is 3.17.